The van der Waals surface area contributed by atoms with E-state index in [9.17, 15) is 5.11 Å². The Hall–Kier alpha value is -2.95. The molecule has 5 heteroatoms. The van der Waals surface area contributed by atoms with Crippen LogP contribution in [-0.2, 0) is 0 Å². The van der Waals surface area contributed by atoms with Gasteiger partial charge in [0.25, 0.3) is 0 Å². The third-order valence-electron chi connectivity index (χ3n) is 4.45. The summed E-state index contributed by atoms with van der Waals surface area (Å²) in [5, 5.41) is 18.1. The number of rotatable bonds is 2. The third-order valence-corrected chi connectivity index (χ3v) is 4.45. The molecule has 0 fully saturated rings. The molecule has 1 aromatic heterocycles. The van der Waals surface area contributed by atoms with Gasteiger partial charge in [-0.15, -0.1) is 0 Å². The van der Waals surface area contributed by atoms with Crippen LogP contribution in [0.4, 0.5) is 5.69 Å². The van der Waals surface area contributed by atoms with Crippen molar-refractivity contribution in [3.63, 3.8) is 0 Å². The number of phenols is 1. The highest BCUT2D eigenvalue weighted by Gasteiger charge is 2.27. The summed E-state index contributed by atoms with van der Waals surface area (Å²) in [7, 11) is 1.55. The molecule has 24 heavy (non-hydrogen) atoms. The molecule has 2 N–H and O–H groups in total. The zero-order valence-corrected chi connectivity index (χ0v) is 13.9. The molecule has 0 spiro atoms. The molecule has 2 heterocycles. The first kappa shape index (κ1) is 14.6. The molecule has 1 unspecified atom stereocenters. The Kier molecular flexibility index (Phi) is 3.23. The van der Waals surface area contributed by atoms with Gasteiger partial charge in [-0.05, 0) is 37.6 Å². The Morgan fingerprint density at radius 2 is 2.00 bits per heavy atom. The predicted octanol–water partition coefficient (Wildman–Crippen LogP) is 3.85. The number of aromatic hydroxyl groups is 1. The maximum atomic E-state index is 9.87. The van der Waals surface area contributed by atoms with Crippen LogP contribution in [0.3, 0.4) is 0 Å². The average Bonchev–Trinajstić information content (AvgIpc) is 2.97. The summed E-state index contributed by atoms with van der Waals surface area (Å²) < 4.78 is 7.24. The van der Waals surface area contributed by atoms with Gasteiger partial charge in [0.2, 0.25) is 0 Å². The lowest BCUT2D eigenvalue weighted by Crippen LogP contribution is -2.26. The van der Waals surface area contributed by atoms with Crippen LogP contribution in [0.5, 0.6) is 11.5 Å². The SMILES string of the molecule is COc1cc(C2Nc3c(C)cccc3-c3cc(C)nn32)ccc1O. The Morgan fingerprint density at radius 1 is 1.17 bits per heavy atom. The minimum Gasteiger partial charge on any atom is -0.504 e. The van der Waals surface area contributed by atoms with Crippen LogP contribution in [0.2, 0.25) is 0 Å². The number of hydrogen-bond donors (Lipinski definition) is 2. The van der Waals surface area contributed by atoms with Crippen molar-refractivity contribution in [1.29, 1.82) is 0 Å². The summed E-state index contributed by atoms with van der Waals surface area (Å²) in [6, 6.07) is 13.8. The number of nitrogens with zero attached hydrogens (tertiary/aromatic N) is 2. The van der Waals surface area contributed by atoms with Crippen molar-refractivity contribution in [3.05, 3.63) is 59.3 Å². The number of fused-ring (bicyclic) bond motifs is 3. The van der Waals surface area contributed by atoms with Crippen LogP contribution in [0.1, 0.15) is 23.0 Å². The summed E-state index contributed by atoms with van der Waals surface area (Å²) >= 11 is 0. The first-order chi connectivity index (χ1) is 11.6. The number of ether oxygens (including phenoxy) is 1. The van der Waals surface area contributed by atoms with Crippen molar-refractivity contribution >= 4 is 5.69 Å². The smallest absolute Gasteiger partial charge is 0.160 e. The second-order valence-corrected chi connectivity index (χ2v) is 6.09. The summed E-state index contributed by atoms with van der Waals surface area (Å²) in [5.41, 5.74) is 6.48. The van der Waals surface area contributed by atoms with Gasteiger partial charge in [-0.1, -0.05) is 24.3 Å². The molecular formula is C19H19N3O2. The lowest BCUT2D eigenvalue weighted by Gasteiger charge is -2.30. The molecule has 0 amide bonds. The predicted molar refractivity (Wildman–Crippen MR) is 93.6 cm³/mol. The molecule has 2 aromatic carbocycles. The average molecular weight is 321 g/mol. The van der Waals surface area contributed by atoms with Gasteiger partial charge >= 0.3 is 0 Å². The van der Waals surface area contributed by atoms with Gasteiger partial charge in [0.05, 0.1) is 18.5 Å². The first-order valence-corrected chi connectivity index (χ1v) is 7.88. The number of anilines is 1. The summed E-state index contributed by atoms with van der Waals surface area (Å²) in [5.74, 6) is 0.584. The fraction of sp³-hybridized carbons (Fsp3) is 0.211. The molecular weight excluding hydrogens is 302 g/mol. The number of nitrogens with one attached hydrogen (secondary N) is 1. The van der Waals surface area contributed by atoms with E-state index in [2.05, 4.69) is 41.6 Å². The number of methoxy groups -OCH3 is 1. The fourth-order valence-corrected chi connectivity index (χ4v) is 3.27. The van der Waals surface area contributed by atoms with E-state index in [1.165, 1.54) is 5.56 Å². The molecule has 3 aromatic rings. The Balaban J connectivity index is 1.91. The van der Waals surface area contributed by atoms with Crippen LogP contribution >= 0.6 is 0 Å². The largest absolute Gasteiger partial charge is 0.504 e. The van der Waals surface area contributed by atoms with Crippen molar-refractivity contribution in [2.45, 2.75) is 20.0 Å². The number of benzene rings is 2. The van der Waals surface area contributed by atoms with Gasteiger partial charge in [0.1, 0.15) is 6.17 Å². The molecule has 0 radical (unpaired) electrons. The highest BCUT2D eigenvalue weighted by molar-refractivity contribution is 5.81. The summed E-state index contributed by atoms with van der Waals surface area (Å²) in [6.07, 6.45) is -0.156. The number of para-hydroxylation sites is 1. The lowest BCUT2D eigenvalue weighted by atomic mass is 10.0. The molecule has 0 aliphatic carbocycles. The Morgan fingerprint density at radius 3 is 2.79 bits per heavy atom. The number of aryl methyl sites for hydroxylation is 2. The van der Waals surface area contributed by atoms with Crippen LogP contribution in [0.25, 0.3) is 11.3 Å². The molecule has 0 saturated heterocycles. The standard InChI is InChI=1S/C19H19N3O2/c1-11-5-4-6-14-15-9-12(2)21-22(15)19(20-18(11)14)13-7-8-16(23)17(10-13)24-3/h4-10,19-20,23H,1-3H3. The van der Waals surface area contributed by atoms with Gasteiger partial charge in [0.15, 0.2) is 11.5 Å². The zero-order chi connectivity index (χ0) is 16.8. The van der Waals surface area contributed by atoms with Gasteiger partial charge < -0.3 is 15.2 Å². The van der Waals surface area contributed by atoms with E-state index in [0.29, 0.717) is 5.75 Å². The molecule has 0 bridgehead atoms. The number of phenolic OH excluding ortho intramolecular Hbond substituents is 1. The van der Waals surface area contributed by atoms with E-state index in [1.54, 1.807) is 13.2 Å². The van der Waals surface area contributed by atoms with Gasteiger partial charge in [-0.25, -0.2) is 4.68 Å². The van der Waals surface area contributed by atoms with Crippen molar-refractivity contribution in [3.8, 4) is 22.8 Å². The molecule has 4 rings (SSSR count). The normalized spacial score (nSPS) is 15.4. The van der Waals surface area contributed by atoms with Crippen molar-refractivity contribution in [2.75, 3.05) is 12.4 Å². The molecule has 5 nitrogen and oxygen atoms in total. The van der Waals surface area contributed by atoms with E-state index < -0.39 is 0 Å². The third kappa shape index (κ3) is 2.12. The fourth-order valence-electron chi connectivity index (χ4n) is 3.27. The van der Waals surface area contributed by atoms with E-state index in [1.807, 2.05) is 23.7 Å². The van der Waals surface area contributed by atoms with Gasteiger partial charge in [0, 0.05) is 16.8 Å². The Labute approximate surface area is 140 Å². The van der Waals surface area contributed by atoms with E-state index in [0.717, 1.165) is 28.2 Å². The molecule has 122 valence electrons. The van der Waals surface area contributed by atoms with Crippen molar-refractivity contribution in [1.82, 2.24) is 9.78 Å². The molecule has 1 atom stereocenters. The number of hydrogen-bond acceptors (Lipinski definition) is 4. The minimum atomic E-state index is -0.156. The van der Waals surface area contributed by atoms with Crippen LogP contribution in [0, 0.1) is 13.8 Å². The second-order valence-electron chi connectivity index (χ2n) is 6.09. The van der Waals surface area contributed by atoms with Crippen molar-refractivity contribution < 1.29 is 9.84 Å². The zero-order valence-electron chi connectivity index (χ0n) is 13.9. The van der Waals surface area contributed by atoms with E-state index in [4.69, 9.17) is 4.74 Å². The topological polar surface area (TPSA) is 59.3 Å². The highest BCUT2D eigenvalue weighted by Crippen LogP contribution is 2.41. The van der Waals surface area contributed by atoms with Crippen LogP contribution in [-0.4, -0.2) is 22.0 Å². The summed E-state index contributed by atoms with van der Waals surface area (Å²) in [4.78, 5) is 0. The highest BCUT2D eigenvalue weighted by atomic mass is 16.5. The second kappa shape index (κ2) is 5.30. The van der Waals surface area contributed by atoms with Crippen LogP contribution in [0.15, 0.2) is 42.5 Å². The summed E-state index contributed by atoms with van der Waals surface area (Å²) in [6.45, 7) is 4.09. The maximum Gasteiger partial charge on any atom is 0.160 e. The molecule has 0 saturated carbocycles. The molecule has 1 aliphatic heterocycles. The van der Waals surface area contributed by atoms with Gasteiger partial charge in [-0.2, -0.15) is 5.10 Å². The number of aromatic nitrogens is 2. The lowest BCUT2D eigenvalue weighted by molar-refractivity contribution is 0.372. The monoisotopic (exact) mass is 321 g/mol. The Bertz CT molecular complexity index is 930. The van der Waals surface area contributed by atoms with Gasteiger partial charge in [-0.3, -0.25) is 0 Å². The van der Waals surface area contributed by atoms with E-state index >= 15 is 0 Å². The minimum absolute atomic E-state index is 0.130. The maximum absolute atomic E-state index is 9.87. The quantitative estimate of drug-likeness (QED) is 0.752. The van der Waals surface area contributed by atoms with Crippen LogP contribution < -0.4 is 10.1 Å². The van der Waals surface area contributed by atoms with E-state index in [-0.39, 0.29) is 11.9 Å². The molecule has 1 aliphatic rings. The first-order valence-electron chi connectivity index (χ1n) is 7.88. The van der Waals surface area contributed by atoms with Crippen molar-refractivity contribution in [2.24, 2.45) is 0 Å².